The number of hydrogen-bond acceptors (Lipinski definition) is 1. The Bertz CT molecular complexity index is 879. The van der Waals surface area contributed by atoms with E-state index in [9.17, 15) is 5.11 Å². The number of phenols is 1. The SMILES string of the molecule is Oc1cccc(C(c2ccccc2)(c2ccccc2)c2ccccc2)c1. The highest BCUT2D eigenvalue weighted by Crippen LogP contribution is 2.45. The maximum absolute atomic E-state index is 10.2. The molecule has 0 aliphatic heterocycles. The van der Waals surface area contributed by atoms with Crippen molar-refractivity contribution in [2.45, 2.75) is 5.41 Å². The smallest absolute Gasteiger partial charge is 0.115 e. The number of rotatable bonds is 4. The standard InChI is InChI=1S/C25H20O/c26-24-18-10-17-23(19-24)25(20-11-4-1-5-12-20,21-13-6-2-7-14-21)22-15-8-3-9-16-22/h1-19,26H. The number of phenolic OH excluding ortho intramolecular Hbond substituents is 1. The van der Waals surface area contributed by atoms with Gasteiger partial charge in [-0.2, -0.15) is 0 Å². The average Bonchev–Trinajstić information content (AvgIpc) is 2.71. The maximum Gasteiger partial charge on any atom is 0.115 e. The van der Waals surface area contributed by atoms with Crippen LogP contribution in [-0.2, 0) is 5.41 Å². The highest BCUT2D eigenvalue weighted by Gasteiger charge is 2.38. The van der Waals surface area contributed by atoms with Gasteiger partial charge in [0.2, 0.25) is 0 Å². The normalized spacial score (nSPS) is 11.2. The van der Waals surface area contributed by atoms with E-state index >= 15 is 0 Å². The van der Waals surface area contributed by atoms with Crippen LogP contribution in [0.4, 0.5) is 0 Å². The van der Waals surface area contributed by atoms with Gasteiger partial charge in [0.15, 0.2) is 0 Å². The van der Waals surface area contributed by atoms with Crippen LogP contribution in [0, 0.1) is 0 Å². The van der Waals surface area contributed by atoms with Gasteiger partial charge < -0.3 is 5.11 Å². The second-order valence-corrected chi connectivity index (χ2v) is 6.40. The zero-order valence-electron chi connectivity index (χ0n) is 14.4. The molecule has 0 amide bonds. The molecule has 0 saturated carbocycles. The fourth-order valence-corrected chi connectivity index (χ4v) is 3.80. The van der Waals surface area contributed by atoms with Gasteiger partial charge in [-0.25, -0.2) is 0 Å². The third-order valence-corrected chi connectivity index (χ3v) is 4.90. The van der Waals surface area contributed by atoms with Gasteiger partial charge in [-0.05, 0) is 34.4 Å². The monoisotopic (exact) mass is 336 g/mol. The fourth-order valence-electron chi connectivity index (χ4n) is 3.80. The molecule has 0 atom stereocenters. The molecule has 0 bridgehead atoms. The first-order chi connectivity index (χ1) is 12.8. The summed E-state index contributed by atoms with van der Waals surface area (Å²) < 4.78 is 0. The molecule has 0 spiro atoms. The lowest BCUT2D eigenvalue weighted by atomic mass is 9.65. The minimum Gasteiger partial charge on any atom is -0.508 e. The molecular weight excluding hydrogens is 316 g/mol. The minimum atomic E-state index is -0.498. The Kier molecular flexibility index (Phi) is 4.28. The van der Waals surface area contributed by atoms with Crippen LogP contribution in [0.15, 0.2) is 115 Å². The minimum absolute atomic E-state index is 0.273. The van der Waals surface area contributed by atoms with Gasteiger partial charge in [-0.1, -0.05) is 103 Å². The fraction of sp³-hybridized carbons (Fsp3) is 0.0400. The molecule has 4 aromatic carbocycles. The molecule has 0 saturated heterocycles. The van der Waals surface area contributed by atoms with Crippen LogP contribution in [0.3, 0.4) is 0 Å². The molecular formula is C25H20O. The van der Waals surface area contributed by atoms with Gasteiger partial charge in [0.1, 0.15) is 5.75 Å². The van der Waals surface area contributed by atoms with E-state index in [1.807, 2.05) is 30.3 Å². The Morgan fingerprint density at radius 1 is 0.423 bits per heavy atom. The second-order valence-electron chi connectivity index (χ2n) is 6.40. The Morgan fingerprint density at radius 2 is 0.808 bits per heavy atom. The Balaban J connectivity index is 2.14. The molecule has 0 aliphatic rings. The van der Waals surface area contributed by atoms with Gasteiger partial charge in [0.05, 0.1) is 5.41 Å². The number of hydrogen-bond donors (Lipinski definition) is 1. The van der Waals surface area contributed by atoms with Gasteiger partial charge >= 0.3 is 0 Å². The van der Waals surface area contributed by atoms with Crippen LogP contribution in [0.5, 0.6) is 5.75 Å². The molecule has 4 rings (SSSR count). The predicted octanol–water partition coefficient (Wildman–Crippen LogP) is 5.77. The zero-order valence-corrected chi connectivity index (χ0v) is 14.4. The van der Waals surface area contributed by atoms with Crippen LogP contribution in [0.1, 0.15) is 22.3 Å². The van der Waals surface area contributed by atoms with E-state index in [0.29, 0.717) is 0 Å². The van der Waals surface area contributed by atoms with Crippen molar-refractivity contribution < 1.29 is 5.11 Å². The summed E-state index contributed by atoms with van der Waals surface area (Å²) in [6, 6.07) is 39.0. The summed E-state index contributed by atoms with van der Waals surface area (Å²) in [5.41, 5.74) is 4.05. The molecule has 0 radical (unpaired) electrons. The summed E-state index contributed by atoms with van der Waals surface area (Å²) in [7, 11) is 0. The van der Waals surface area contributed by atoms with E-state index in [2.05, 4.69) is 78.9 Å². The highest BCUT2D eigenvalue weighted by molar-refractivity contribution is 5.60. The van der Waals surface area contributed by atoms with E-state index in [-0.39, 0.29) is 5.75 Å². The second kappa shape index (κ2) is 6.89. The van der Waals surface area contributed by atoms with Gasteiger partial charge in [0.25, 0.3) is 0 Å². The van der Waals surface area contributed by atoms with Gasteiger partial charge in [0, 0.05) is 0 Å². The first-order valence-corrected chi connectivity index (χ1v) is 8.78. The lowest BCUT2D eigenvalue weighted by molar-refractivity contribution is 0.473. The summed E-state index contributed by atoms with van der Waals surface area (Å²) in [5.74, 6) is 0.273. The van der Waals surface area contributed by atoms with Crippen LogP contribution in [-0.4, -0.2) is 5.11 Å². The summed E-state index contributed by atoms with van der Waals surface area (Å²) in [5, 5.41) is 10.2. The predicted molar refractivity (Wildman–Crippen MR) is 106 cm³/mol. The summed E-state index contributed by atoms with van der Waals surface area (Å²) >= 11 is 0. The number of benzene rings is 4. The molecule has 0 heterocycles. The molecule has 1 heteroatoms. The topological polar surface area (TPSA) is 20.2 Å². The summed E-state index contributed by atoms with van der Waals surface area (Å²) in [4.78, 5) is 0. The van der Waals surface area contributed by atoms with Crippen LogP contribution in [0.25, 0.3) is 0 Å². The van der Waals surface area contributed by atoms with Crippen molar-refractivity contribution in [3.63, 3.8) is 0 Å². The van der Waals surface area contributed by atoms with Crippen molar-refractivity contribution in [2.24, 2.45) is 0 Å². The average molecular weight is 336 g/mol. The van der Waals surface area contributed by atoms with E-state index in [1.165, 1.54) is 16.7 Å². The van der Waals surface area contributed by atoms with Crippen molar-refractivity contribution in [1.29, 1.82) is 0 Å². The molecule has 0 fully saturated rings. The van der Waals surface area contributed by atoms with Crippen molar-refractivity contribution in [3.8, 4) is 5.75 Å². The first-order valence-electron chi connectivity index (χ1n) is 8.78. The van der Waals surface area contributed by atoms with Gasteiger partial charge in [-0.15, -0.1) is 0 Å². The van der Waals surface area contributed by atoms with Crippen molar-refractivity contribution in [2.75, 3.05) is 0 Å². The van der Waals surface area contributed by atoms with E-state index in [4.69, 9.17) is 0 Å². The quantitative estimate of drug-likeness (QED) is 0.469. The van der Waals surface area contributed by atoms with Crippen molar-refractivity contribution in [1.82, 2.24) is 0 Å². The molecule has 0 unspecified atom stereocenters. The first kappa shape index (κ1) is 16.2. The van der Waals surface area contributed by atoms with Crippen molar-refractivity contribution in [3.05, 3.63) is 138 Å². The Hall–Kier alpha value is -3.32. The largest absolute Gasteiger partial charge is 0.508 e. The van der Waals surface area contributed by atoms with Crippen LogP contribution >= 0.6 is 0 Å². The summed E-state index contributed by atoms with van der Waals surface area (Å²) in [6.45, 7) is 0. The molecule has 0 aromatic heterocycles. The zero-order chi connectivity index (χ0) is 17.8. The molecule has 26 heavy (non-hydrogen) atoms. The molecule has 126 valence electrons. The Morgan fingerprint density at radius 3 is 1.19 bits per heavy atom. The lowest BCUT2D eigenvalue weighted by Crippen LogP contribution is -2.30. The van der Waals surface area contributed by atoms with Gasteiger partial charge in [-0.3, -0.25) is 0 Å². The number of aromatic hydroxyl groups is 1. The van der Waals surface area contributed by atoms with E-state index in [0.717, 1.165) is 5.56 Å². The molecule has 0 aliphatic carbocycles. The molecule has 4 aromatic rings. The maximum atomic E-state index is 10.2. The highest BCUT2D eigenvalue weighted by atomic mass is 16.3. The molecule has 1 N–H and O–H groups in total. The Labute approximate surface area is 154 Å². The van der Waals surface area contributed by atoms with E-state index in [1.54, 1.807) is 6.07 Å². The summed E-state index contributed by atoms with van der Waals surface area (Å²) in [6.07, 6.45) is 0. The third kappa shape index (κ3) is 2.68. The van der Waals surface area contributed by atoms with Crippen LogP contribution in [0.2, 0.25) is 0 Å². The van der Waals surface area contributed by atoms with E-state index < -0.39 is 5.41 Å². The lowest BCUT2D eigenvalue weighted by Gasteiger charge is -2.36. The third-order valence-electron chi connectivity index (χ3n) is 4.90. The molecule has 1 nitrogen and oxygen atoms in total. The van der Waals surface area contributed by atoms with Crippen molar-refractivity contribution >= 4 is 0 Å². The van der Waals surface area contributed by atoms with Crippen LogP contribution < -0.4 is 0 Å².